The van der Waals surface area contributed by atoms with Gasteiger partial charge in [-0.3, -0.25) is 9.78 Å². The Hall–Kier alpha value is -3.94. The number of carbonyl (C=O) groups is 1. The second-order valence-corrected chi connectivity index (χ2v) is 7.90. The van der Waals surface area contributed by atoms with E-state index < -0.39 is 5.97 Å². The fraction of sp³-hybridized carbons (Fsp3) is 0.174. The molecule has 0 saturated carbocycles. The molecule has 7 nitrogen and oxygen atoms in total. The minimum atomic E-state index is -1.04. The van der Waals surface area contributed by atoms with E-state index in [0.29, 0.717) is 5.69 Å². The maximum atomic E-state index is 13.6. The first-order chi connectivity index (χ1) is 14.8. The Labute approximate surface area is 176 Å². The predicted molar refractivity (Wildman–Crippen MR) is 116 cm³/mol. The van der Waals surface area contributed by atoms with E-state index in [1.807, 2.05) is 12.1 Å². The normalized spacial score (nSPS) is 11.8. The summed E-state index contributed by atoms with van der Waals surface area (Å²) in [5.41, 5.74) is 5.12. The molecule has 3 aromatic heterocycles. The summed E-state index contributed by atoms with van der Waals surface area (Å²) in [7, 11) is 1.62. The van der Waals surface area contributed by atoms with Crippen molar-refractivity contribution >= 4 is 27.8 Å². The van der Waals surface area contributed by atoms with Crippen LogP contribution in [0.5, 0.6) is 0 Å². The quantitative estimate of drug-likeness (QED) is 0.437. The van der Waals surface area contributed by atoms with Gasteiger partial charge in [-0.2, -0.15) is 10.2 Å². The van der Waals surface area contributed by atoms with E-state index in [2.05, 4.69) is 33.7 Å². The van der Waals surface area contributed by atoms with Crippen molar-refractivity contribution in [3.63, 3.8) is 0 Å². The van der Waals surface area contributed by atoms with Gasteiger partial charge in [0, 0.05) is 34.8 Å². The third-order valence-electron chi connectivity index (χ3n) is 5.55. The van der Waals surface area contributed by atoms with Gasteiger partial charge in [0.15, 0.2) is 0 Å². The highest BCUT2D eigenvalue weighted by molar-refractivity contribution is 6.05. The van der Waals surface area contributed by atoms with Gasteiger partial charge in [0.05, 0.1) is 22.9 Å². The Morgan fingerprint density at radius 3 is 2.55 bits per heavy atom. The second-order valence-electron chi connectivity index (χ2n) is 7.90. The summed E-state index contributed by atoms with van der Waals surface area (Å²) < 4.78 is 17.1. The monoisotopic (exact) mass is 417 g/mol. The van der Waals surface area contributed by atoms with Crippen LogP contribution in [0, 0.1) is 5.82 Å². The van der Waals surface area contributed by atoms with Gasteiger partial charge in [-0.1, -0.05) is 13.8 Å². The average Bonchev–Trinajstić information content (AvgIpc) is 3.41. The smallest absolute Gasteiger partial charge is 0.354 e. The summed E-state index contributed by atoms with van der Waals surface area (Å²) in [6.45, 7) is 4.15. The minimum absolute atomic E-state index is 0.0826. The van der Waals surface area contributed by atoms with Crippen LogP contribution < -0.4 is 0 Å². The molecule has 5 rings (SSSR count). The zero-order valence-electron chi connectivity index (χ0n) is 17.2. The molecule has 0 bridgehead atoms. The Morgan fingerprint density at radius 1 is 1.16 bits per heavy atom. The molecule has 0 aliphatic carbocycles. The van der Waals surface area contributed by atoms with E-state index in [1.165, 1.54) is 16.8 Å². The molecule has 0 aliphatic rings. The molecule has 0 aliphatic heterocycles. The van der Waals surface area contributed by atoms with Gasteiger partial charge in [-0.15, -0.1) is 0 Å². The van der Waals surface area contributed by atoms with Crippen molar-refractivity contribution in [3.8, 4) is 16.9 Å². The summed E-state index contributed by atoms with van der Waals surface area (Å²) in [5, 5.41) is 23.0. The maximum absolute atomic E-state index is 13.6. The number of nitrogens with one attached hydrogen (secondary N) is 1. The fourth-order valence-electron chi connectivity index (χ4n) is 4.22. The lowest BCUT2D eigenvalue weighted by Gasteiger charge is -2.15. The lowest BCUT2D eigenvalue weighted by molar-refractivity contribution is 0.0685. The number of H-pyrrole nitrogens is 1. The van der Waals surface area contributed by atoms with Gasteiger partial charge in [0.1, 0.15) is 11.5 Å². The third-order valence-corrected chi connectivity index (χ3v) is 5.55. The van der Waals surface area contributed by atoms with Crippen LogP contribution in [0.3, 0.4) is 0 Å². The van der Waals surface area contributed by atoms with Crippen molar-refractivity contribution < 1.29 is 14.3 Å². The van der Waals surface area contributed by atoms with Crippen LogP contribution in [-0.4, -0.2) is 35.6 Å². The van der Waals surface area contributed by atoms with Crippen molar-refractivity contribution in [2.45, 2.75) is 19.8 Å². The lowest BCUT2D eigenvalue weighted by Crippen LogP contribution is -2.05. The maximum Gasteiger partial charge on any atom is 0.354 e. The summed E-state index contributed by atoms with van der Waals surface area (Å²) in [4.78, 5) is 11.6. The molecular weight excluding hydrogens is 397 g/mol. The molecule has 8 heteroatoms. The van der Waals surface area contributed by atoms with Gasteiger partial charge < -0.3 is 9.67 Å². The van der Waals surface area contributed by atoms with Crippen molar-refractivity contribution in [2.24, 2.45) is 7.05 Å². The number of aryl methyl sites for hydroxylation is 1. The number of fused-ring (bicyclic) bond motifs is 2. The minimum Gasteiger partial charge on any atom is -0.477 e. The van der Waals surface area contributed by atoms with Crippen LogP contribution in [0.2, 0.25) is 0 Å². The molecule has 5 aromatic rings. The second kappa shape index (κ2) is 6.80. The topological polar surface area (TPSA) is 88.7 Å². The number of hydrogen-bond donors (Lipinski definition) is 2. The predicted octanol–water partition coefficient (Wildman–Crippen LogP) is 4.87. The van der Waals surface area contributed by atoms with Gasteiger partial charge in [-0.05, 0) is 48.4 Å². The zero-order valence-corrected chi connectivity index (χ0v) is 17.2. The summed E-state index contributed by atoms with van der Waals surface area (Å²) in [6, 6.07) is 12.0. The number of aromatic amines is 1. The fourth-order valence-corrected chi connectivity index (χ4v) is 4.22. The molecule has 0 spiro atoms. The third kappa shape index (κ3) is 2.91. The first-order valence-electron chi connectivity index (χ1n) is 9.90. The molecule has 0 unspecified atom stereocenters. The van der Waals surface area contributed by atoms with Crippen molar-refractivity contribution in [2.75, 3.05) is 0 Å². The Balaban J connectivity index is 1.94. The van der Waals surface area contributed by atoms with E-state index in [0.717, 1.165) is 38.8 Å². The van der Waals surface area contributed by atoms with E-state index in [4.69, 9.17) is 0 Å². The summed E-state index contributed by atoms with van der Waals surface area (Å²) >= 11 is 0. The number of rotatable bonds is 4. The molecule has 2 N–H and O–H groups in total. The van der Waals surface area contributed by atoms with E-state index in [9.17, 15) is 14.3 Å². The lowest BCUT2D eigenvalue weighted by atomic mass is 10.00. The number of benzene rings is 2. The highest BCUT2D eigenvalue weighted by Crippen LogP contribution is 2.41. The number of carboxylic acids is 1. The summed E-state index contributed by atoms with van der Waals surface area (Å²) in [6.07, 6.45) is 1.76. The highest BCUT2D eigenvalue weighted by Gasteiger charge is 2.25. The van der Waals surface area contributed by atoms with Crippen LogP contribution in [-0.2, 0) is 7.05 Å². The van der Waals surface area contributed by atoms with Gasteiger partial charge in [-0.25, -0.2) is 9.18 Å². The SMILES string of the molecule is CC(C)c1c(-c2cc(C(=O)O)n(C)n2)c2cc3[nH]ncc3cc2n1-c1ccc(F)cc1. The number of halogens is 1. The molecule has 0 fully saturated rings. The van der Waals surface area contributed by atoms with Crippen LogP contribution in [0.25, 0.3) is 38.8 Å². The molecule has 2 aromatic carbocycles. The molecule has 156 valence electrons. The standard InChI is InChI=1S/C23H20FN5O2/c1-12(2)22-21(18-10-20(23(30)31)28(3)27-18)16-9-17-13(11-25-26-17)8-19(16)29(22)15-6-4-14(24)5-7-15/h4-12H,1-3H3,(H,25,26)(H,30,31). The molecular formula is C23H20FN5O2. The van der Waals surface area contributed by atoms with Crippen LogP contribution >= 0.6 is 0 Å². The average molecular weight is 417 g/mol. The molecule has 3 heterocycles. The molecule has 31 heavy (non-hydrogen) atoms. The summed E-state index contributed by atoms with van der Waals surface area (Å²) in [5.74, 6) is -1.26. The van der Waals surface area contributed by atoms with E-state index in [1.54, 1.807) is 31.4 Å². The first kappa shape index (κ1) is 19.0. The number of carboxylic acid groups (broad SMARTS) is 1. The van der Waals surface area contributed by atoms with E-state index in [-0.39, 0.29) is 17.4 Å². The van der Waals surface area contributed by atoms with Gasteiger partial charge in [0.2, 0.25) is 0 Å². The molecule has 0 radical (unpaired) electrons. The Kier molecular flexibility index (Phi) is 4.18. The number of hydrogen-bond acceptors (Lipinski definition) is 3. The number of aromatic carboxylic acids is 1. The first-order valence-corrected chi connectivity index (χ1v) is 9.90. The largest absolute Gasteiger partial charge is 0.477 e. The van der Waals surface area contributed by atoms with Crippen molar-refractivity contribution in [1.29, 1.82) is 0 Å². The molecule has 0 amide bonds. The Bertz CT molecular complexity index is 1460. The number of aromatic nitrogens is 5. The van der Waals surface area contributed by atoms with Crippen molar-refractivity contribution in [1.82, 2.24) is 24.5 Å². The van der Waals surface area contributed by atoms with Gasteiger partial charge in [0.25, 0.3) is 0 Å². The number of nitrogens with zero attached hydrogens (tertiary/aromatic N) is 4. The van der Waals surface area contributed by atoms with Crippen LogP contribution in [0.1, 0.15) is 35.9 Å². The highest BCUT2D eigenvalue weighted by atomic mass is 19.1. The van der Waals surface area contributed by atoms with Crippen molar-refractivity contribution in [3.05, 3.63) is 65.9 Å². The van der Waals surface area contributed by atoms with Crippen LogP contribution in [0.4, 0.5) is 4.39 Å². The molecule has 0 saturated heterocycles. The van der Waals surface area contributed by atoms with E-state index >= 15 is 0 Å². The Morgan fingerprint density at radius 2 is 1.90 bits per heavy atom. The molecule has 0 atom stereocenters. The zero-order chi connectivity index (χ0) is 21.9. The van der Waals surface area contributed by atoms with Crippen LogP contribution in [0.15, 0.2) is 48.7 Å². The van der Waals surface area contributed by atoms with Gasteiger partial charge >= 0.3 is 5.97 Å².